The molecular weight excluding hydrogens is 298 g/mol. The molecule has 0 fully saturated rings. The van der Waals surface area contributed by atoms with Crippen LogP contribution in [0.2, 0.25) is 0 Å². The zero-order valence-electron chi connectivity index (χ0n) is 13.4. The van der Waals surface area contributed by atoms with E-state index in [4.69, 9.17) is 0 Å². The van der Waals surface area contributed by atoms with E-state index >= 15 is 0 Å². The molecule has 0 bridgehead atoms. The summed E-state index contributed by atoms with van der Waals surface area (Å²) in [5, 5.41) is 4.84. The molecule has 0 spiro atoms. The number of benzene rings is 1. The van der Waals surface area contributed by atoms with Crippen molar-refractivity contribution in [2.45, 2.75) is 30.8 Å². The molecule has 0 aliphatic heterocycles. The summed E-state index contributed by atoms with van der Waals surface area (Å²) in [6, 6.07) is 11.0. The predicted octanol–water partition coefficient (Wildman–Crippen LogP) is 4.02. The summed E-state index contributed by atoms with van der Waals surface area (Å²) in [6.07, 6.45) is 2.14. The van der Waals surface area contributed by atoms with Gasteiger partial charge in [-0.05, 0) is 25.7 Å². The summed E-state index contributed by atoms with van der Waals surface area (Å²) in [5.41, 5.74) is 1.30. The standard InChI is InChI=1S/C16H24N3S2/c1-12(2)19-15(18(3)4)14(21-16(19)20-5)17-11-13-9-7-6-8-10-13/h6-10,12,17H,11H2,1-5H3/q+1. The maximum Gasteiger partial charge on any atom is 0.312 e. The number of rotatable bonds is 6. The highest BCUT2D eigenvalue weighted by molar-refractivity contribution is 8.00. The fourth-order valence-corrected chi connectivity index (χ4v) is 4.45. The van der Waals surface area contributed by atoms with Crippen molar-refractivity contribution in [3.05, 3.63) is 35.9 Å². The van der Waals surface area contributed by atoms with Crippen molar-refractivity contribution in [2.75, 3.05) is 30.6 Å². The van der Waals surface area contributed by atoms with Crippen molar-refractivity contribution >= 4 is 33.9 Å². The Morgan fingerprint density at radius 1 is 1.24 bits per heavy atom. The molecule has 0 atom stereocenters. The van der Waals surface area contributed by atoms with E-state index in [-0.39, 0.29) is 0 Å². The Bertz CT molecular complexity index is 577. The highest BCUT2D eigenvalue weighted by Gasteiger charge is 2.27. The van der Waals surface area contributed by atoms with Crippen molar-refractivity contribution in [2.24, 2.45) is 0 Å². The third kappa shape index (κ3) is 3.71. The Hall–Kier alpha value is -1.20. The van der Waals surface area contributed by atoms with E-state index in [2.05, 4.69) is 79.3 Å². The van der Waals surface area contributed by atoms with Crippen molar-refractivity contribution in [3.8, 4) is 0 Å². The average molecular weight is 323 g/mol. The summed E-state index contributed by atoms with van der Waals surface area (Å²) < 4.78 is 3.74. The van der Waals surface area contributed by atoms with Crippen LogP contribution >= 0.6 is 23.1 Å². The van der Waals surface area contributed by atoms with Gasteiger partial charge in [0.2, 0.25) is 4.34 Å². The summed E-state index contributed by atoms with van der Waals surface area (Å²) in [4.78, 5) is 2.20. The van der Waals surface area contributed by atoms with Crippen molar-refractivity contribution in [1.29, 1.82) is 0 Å². The molecule has 0 aliphatic carbocycles. The Labute approximate surface area is 136 Å². The maximum absolute atomic E-state index is 3.60. The van der Waals surface area contributed by atoms with Gasteiger partial charge in [0.05, 0.1) is 20.1 Å². The van der Waals surface area contributed by atoms with E-state index in [1.54, 1.807) is 0 Å². The second-order valence-corrected chi connectivity index (χ2v) is 7.47. The highest BCUT2D eigenvalue weighted by Crippen LogP contribution is 2.35. The van der Waals surface area contributed by atoms with Gasteiger partial charge < -0.3 is 5.32 Å². The molecule has 0 amide bonds. The smallest absolute Gasteiger partial charge is 0.312 e. The molecule has 0 unspecified atom stereocenters. The zero-order valence-corrected chi connectivity index (χ0v) is 15.0. The number of nitrogens with one attached hydrogen (secondary N) is 1. The van der Waals surface area contributed by atoms with Gasteiger partial charge in [-0.1, -0.05) is 53.4 Å². The average Bonchev–Trinajstić information content (AvgIpc) is 2.85. The van der Waals surface area contributed by atoms with Gasteiger partial charge in [0.1, 0.15) is 0 Å². The minimum absolute atomic E-state index is 0.452. The lowest BCUT2D eigenvalue weighted by molar-refractivity contribution is -0.732. The quantitative estimate of drug-likeness (QED) is 0.640. The van der Waals surface area contributed by atoms with Crippen LogP contribution in [0.5, 0.6) is 0 Å². The lowest BCUT2D eigenvalue weighted by atomic mass is 10.2. The summed E-state index contributed by atoms with van der Waals surface area (Å²) in [5.74, 6) is 1.26. The minimum Gasteiger partial charge on any atom is -0.366 e. The molecule has 3 nitrogen and oxygen atoms in total. The molecule has 1 N–H and O–H groups in total. The Morgan fingerprint density at radius 2 is 1.90 bits per heavy atom. The van der Waals surface area contributed by atoms with E-state index in [0.29, 0.717) is 6.04 Å². The van der Waals surface area contributed by atoms with Crippen LogP contribution in [-0.4, -0.2) is 20.4 Å². The molecule has 2 aromatic rings. The molecule has 0 radical (unpaired) electrons. The second-order valence-electron chi connectivity index (χ2n) is 5.42. The second kappa shape index (κ2) is 7.18. The summed E-state index contributed by atoms with van der Waals surface area (Å²) >= 11 is 3.65. The first-order valence-electron chi connectivity index (χ1n) is 7.12. The Morgan fingerprint density at radius 3 is 2.43 bits per heavy atom. The van der Waals surface area contributed by atoms with Gasteiger partial charge in [-0.2, -0.15) is 0 Å². The fourth-order valence-electron chi connectivity index (χ4n) is 2.29. The van der Waals surface area contributed by atoms with Crippen LogP contribution < -0.4 is 14.8 Å². The molecule has 1 heterocycles. The number of thiazole rings is 1. The Kier molecular flexibility index (Phi) is 5.53. The lowest BCUT2D eigenvalue weighted by Crippen LogP contribution is -2.41. The molecular formula is C16H24N3S2+. The van der Waals surface area contributed by atoms with Crippen LogP contribution in [0.25, 0.3) is 0 Å². The van der Waals surface area contributed by atoms with Crippen LogP contribution in [0, 0.1) is 0 Å². The van der Waals surface area contributed by atoms with E-state index in [0.717, 1.165) is 6.54 Å². The number of thioether (sulfide) groups is 1. The largest absolute Gasteiger partial charge is 0.366 e. The zero-order chi connectivity index (χ0) is 15.4. The van der Waals surface area contributed by atoms with E-state index in [9.17, 15) is 0 Å². The van der Waals surface area contributed by atoms with Gasteiger partial charge in [0.15, 0.2) is 5.00 Å². The lowest BCUT2D eigenvalue weighted by Gasteiger charge is -2.13. The van der Waals surface area contributed by atoms with Crippen LogP contribution in [0.4, 0.5) is 10.8 Å². The predicted molar refractivity (Wildman–Crippen MR) is 94.8 cm³/mol. The number of aromatic nitrogens is 1. The first kappa shape index (κ1) is 16.2. The number of hydrogen-bond donors (Lipinski definition) is 1. The molecule has 114 valence electrons. The SMILES string of the molecule is CSc1sc(NCc2ccccc2)c(N(C)C)[n+]1C(C)C. The molecule has 21 heavy (non-hydrogen) atoms. The van der Waals surface area contributed by atoms with Gasteiger partial charge in [-0.15, -0.1) is 0 Å². The molecule has 0 saturated carbocycles. The van der Waals surface area contributed by atoms with E-state index in [1.807, 2.05) is 23.1 Å². The van der Waals surface area contributed by atoms with Crippen molar-refractivity contribution in [3.63, 3.8) is 0 Å². The topological polar surface area (TPSA) is 19.1 Å². The number of nitrogens with zero attached hydrogens (tertiary/aromatic N) is 2. The van der Waals surface area contributed by atoms with E-state index in [1.165, 1.54) is 20.7 Å². The molecule has 5 heteroatoms. The molecule has 2 rings (SSSR count). The van der Waals surface area contributed by atoms with E-state index < -0.39 is 0 Å². The molecule has 0 aliphatic rings. The number of hydrogen-bond acceptors (Lipinski definition) is 4. The maximum atomic E-state index is 3.60. The van der Waals surface area contributed by atoms with Crippen LogP contribution in [0.3, 0.4) is 0 Å². The highest BCUT2D eigenvalue weighted by atomic mass is 32.2. The first-order chi connectivity index (χ1) is 10.0. The van der Waals surface area contributed by atoms with Crippen LogP contribution in [0.1, 0.15) is 25.5 Å². The monoisotopic (exact) mass is 322 g/mol. The van der Waals surface area contributed by atoms with Gasteiger partial charge in [0.25, 0.3) is 0 Å². The van der Waals surface area contributed by atoms with Crippen LogP contribution in [-0.2, 0) is 6.54 Å². The normalized spacial score (nSPS) is 11.0. The molecule has 0 saturated heterocycles. The fraction of sp³-hybridized carbons (Fsp3) is 0.438. The Balaban J connectivity index is 2.30. The summed E-state index contributed by atoms with van der Waals surface area (Å²) in [7, 11) is 4.22. The van der Waals surface area contributed by atoms with Crippen molar-refractivity contribution in [1.82, 2.24) is 0 Å². The van der Waals surface area contributed by atoms with Crippen molar-refractivity contribution < 1.29 is 4.57 Å². The molecule has 1 aromatic carbocycles. The third-order valence-electron chi connectivity index (χ3n) is 3.23. The summed E-state index contributed by atoms with van der Waals surface area (Å²) in [6.45, 7) is 5.33. The molecule has 1 aromatic heterocycles. The third-order valence-corrected chi connectivity index (χ3v) is 5.43. The van der Waals surface area contributed by atoms with Gasteiger partial charge in [-0.3, -0.25) is 4.90 Å². The van der Waals surface area contributed by atoms with Gasteiger partial charge in [-0.25, -0.2) is 4.57 Å². The minimum atomic E-state index is 0.452. The van der Waals surface area contributed by atoms with Crippen LogP contribution in [0.15, 0.2) is 34.7 Å². The van der Waals surface area contributed by atoms with Gasteiger partial charge in [0, 0.05) is 6.54 Å². The van der Waals surface area contributed by atoms with Gasteiger partial charge >= 0.3 is 5.82 Å². The first-order valence-corrected chi connectivity index (χ1v) is 9.16. The number of anilines is 2.